The van der Waals surface area contributed by atoms with Crippen molar-refractivity contribution in [3.63, 3.8) is 0 Å². The molecule has 1 rings (SSSR count). The second-order valence-corrected chi connectivity index (χ2v) is 3.90. The van der Waals surface area contributed by atoms with Crippen molar-refractivity contribution >= 4 is 18.3 Å². The van der Waals surface area contributed by atoms with Crippen LogP contribution in [0.3, 0.4) is 0 Å². The lowest BCUT2D eigenvalue weighted by atomic mass is 9.87. The third-order valence-electron chi connectivity index (χ3n) is 2.35. The first kappa shape index (κ1) is 11.7. The highest BCUT2D eigenvalue weighted by molar-refractivity contribution is 5.85. The number of primary amides is 1. The van der Waals surface area contributed by atoms with E-state index in [-0.39, 0.29) is 29.8 Å². The number of nitrogens with one attached hydrogen (secondary N) is 1. The van der Waals surface area contributed by atoms with Gasteiger partial charge in [-0.15, -0.1) is 12.4 Å². The Labute approximate surface area is 79.5 Å². The molecule has 1 heterocycles. The van der Waals surface area contributed by atoms with Gasteiger partial charge in [0, 0.05) is 12.1 Å². The van der Waals surface area contributed by atoms with E-state index in [1.165, 1.54) is 0 Å². The van der Waals surface area contributed by atoms with Crippen LogP contribution in [0.15, 0.2) is 0 Å². The highest BCUT2D eigenvalue weighted by Crippen LogP contribution is 2.21. The van der Waals surface area contributed by atoms with Crippen LogP contribution in [0.4, 0.5) is 0 Å². The molecule has 0 aromatic heterocycles. The third-order valence-corrected chi connectivity index (χ3v) is 2.35. The molecule has 1 amide bonds. The van der Waals surface area contributed by atoms with Gasteiger partial charge >= 0.3 is 0 Å². The molecule has 0 spiro atoms. The van der Waals surface area contributed by atoms with Crippen LogP contribution in [0, 0.1) is 5.92 Å². The number of rotatable bonds is 1. The van der Waals surface area contributed by atoms with Gasteiger partial charge in [-0.25, -0.2) is 0 Å². The first-order chi connectivity index (χ1) is 5.01. The molecule has 0 aliphatic carbocycles. The molecule has 0 aromatic carbocycles. The number of amides is 1. The van der Waals surface area contributed by atoms with Crippen molar-refractivity contribution in [1.29, 1.82) is 0 Å². The van der Waals surface area contributed by atoms with E-state index in [2.05, 4.69) is 19.2 Å². The zero-order chi connectivity index (χ0) is 8.48. The molecule has 0 saturated carbocycles. The van der Waals surface area contributed by atoms with E-state index in [1.54, 1.807) is 0 Å². The second-order valence-electron chi connectivity index (χ2n) is 3.90. The maximum absolute atomic E-state index is 10.7. The Bertz CT molecular complexity index is 160. The SMILES string of the molecule is CC1(C)CCC(C(N)=O)CN1.Cl. The van der Waals surface area contributed by atoms with Gasteiger partial charge in [0.1, 0.15) is 0 Å². The van der Waals surface area contributed by atoms with Crippen LogP contribution in [0.5, 0.6) is 0 Å². The number of halogens is 1. The van der Waals surface area contributed by atoms with Crippen LogP contribution in [-0.2, 0) is 4.79 Å². The first-order valence-electron chi connectivity index (χ1n) is 4.06. The Kier molecular flexibility index (Phi) is 4.00. The molecule has 72 valence electrons. The summed E-state index contributed by atoms with van der Waals surface area (Å²) in [6, 6.07) is 0. The van der Waals surface area contributed by atoms with Gasteiger partial charge in [0.15, 0.2) is 0 Å². The standard InChI is InChI=1S/C8H16N2O.ClH/c1-8(2)4-3-6(5-10-8)7(9)11;/h6,10H,3-5H2,1-2H3,(H2,9,11);1H. The van der Waals surface area contributed by atoms with E-state index < -0.39 is 0 Å². The summed E-state index contributed by atoms with van der Waals surface area (Å²) in [6.07, 6.45) is 1.95. The van der Waals surface area contributed by atoms with Crippen molar-refractivity contribution in [2.75, 3.05) is 6.54 Å². The second kappa shape index (κ2) is 4.10. The van der Waals surface area contributed by atoms with E-state index in [0.29, 0.717) is 0 Å². The molecule has 4 heteroatoms. The highest BCUT2D eigenvalue weighted by atomic mass is 35.5. The predicted octanol–water partition coefficient (Wildman–Crippen LogP) is 0.672. The minimum Gasteiger partial charge on any atom is -0.369 e. The smallest absolute Gasteiger partial charge is 0.221 e. The van der Waals surface area contributed by atoms with Crippen molar-refractivity contribution in [1.82, 2.24) is 5.32 Å². The molecule has 1 unspecified atom stereocenters. The van der Waals surface area contributed by atoms with Crippen LogP contribution in [0.2, 0.25) is 0 Å². The lowest BCUT2D eigenvalue weighted by Gasteiger charge is -2.34. The van der Waals surface area contributed by atoms with Gasteiger partial charge in [0.25, 0.3) is 0 Å². The van der Waals surface area contributed by atoms with Crippen molar-refractivity contribution in [2.24, 2.45) is 11.7 Å². The van der Waals surface area contributed by atoms with E-state index >= 15 is 0 Å². The van der Waals surface area contributed by atoms with E-state index in [9.17, 15) is 4.79 Å². The molecule has 0 radical (unpaired) electrons. The Balaban J connectivity index is 0.00000121. The van der Waals surface area contributed by atoms with Crippen LogP contribution in [0.1, 0.15) is 26.7 Å². The Hall–Kier alpha value is -0.280. The number of hydrogen-bond donors (Lipinski definition) is 2. The number of hydrogen-bond acceptors (Lipinski definition) is 2. The van der Waals surface area contributed by atoms with Gasteiger partial charge in [-0.1, -0.05) is 0 Å². The maximum atomic E-state index is 10.7. The zero-order valence-electron chi connectivity index (χ0n) is 7.59. The minimum absolute atomic E-state index is 0. The normalized spacial score (nSPS) is 27.3. The molecule has 1 aliphatic heterocycles. The van der Waals surface area contributed by atoms with E-state index in [4.69, 9.17) is 5.73 Å². The summed E-state index contributed by atoms with van der Waals surface area (Å²) in [4.78, 5) is 10.7. The largest absolute Gasteiger partial charge is 0.369 e. The predicted molar refractivity (Wildman–Crippen MR) is 51.2 cm³/mol. The van der Waals surface area contributed by atoms with Crippen LogP contribution in [-0.4, -0.2) is 18.0 Å². The fourth-order valence-electron chi connectivity index (χ4n) is 1.37. The summed E-state index contributed by atoms with van der Waals surface area (Å²) in [7, 11) is 0. The molecule has 1 fully saturated rings. The summed E-state index contributed by atoms with van der Waals surface area (Å²) in [5, 5.41) is 3.29. The number of piperidine rings is 1. The molecular weight excluding hydrogens is 176 g/mol. The summed E-state index contributed by atoms with van der Waals surface area (Å²) >= 11 is 0. The molecule has 1 atom stereocenters. The van der Waals surface area contributed by atoms with Gasteiger partial charge in [-0.2, -0.15) is 0 Å². The monoisotopic (exact) mass is 192 g/mol. The van der Waals surface area contributed by atoms with E-state index in [1.807, 2.05) is 0 Å². The van der Waals surface area contributed by atoms with Gasteiger partial charge in [0.2, 0.25) is 5.91 Å². The molecule has 0 aromatic rings. The van der Waals surface area contributed by atoms with Crippen molar-refractivity contribution in [3.05, 3.63) is 0 Å². The van der Waals surface area contributed by atoms with Crippen LogP contribution in [0.25, 0.3) is 0 Å². The molecule has 1 saturated heterocycles. The Morgan fingerprint density at radius 1 is 1.58 bits per heavy atom. The molecule has 3 N–H and O–H groups in total. The zero-order valence-corrected chi connectivity index (χ0v) is 8.41. The molecular formula is C8H17ClN2O. The highest BCUT2D eigenvalue weighted by Gasteiger charge is 2.28. The van der Waals surface area contributed by atoms with Crippen LogP contribution >= 0.6 is 12.4 Å². The molecule has 3 nitrogen and oxygen atoms in total. The number of nitrogens with two attached hydrogens (primary N) is 1. The number of carbonyl (C=O) groups is 1. The molecule has 1 aliphatic rings. The van der Waals surface area contributed by atoms with Crippen molar-refractivity contribution in [2.45, 2.75) is 32.2 Å². The topological polar surface area (TPSA) is 55.1 Å². The third kappa shape index (κ3) is 2.99. The average molecular weight is 193 g/mol. The molecule has 0 bridgehead atoms. The van der Waals surface area contributed by atoms with E-state index in [0.717, 1.165) is 19.4 Å². The van der Waals surface area contributed by atoms with Gasteiger partial charge in [-0.3, -0.25) is 4.79 Å². The van der Waals surface area contributed by atoms with Gasteiger partial charge in [-0.05, 0) is 26.7 Å². The summed E-state index contributed by atoms with van der Waals surface area (Å²) in [5.74, 6) is -0.129. The molecule has 12 heavy (non-hydrogen) atoms. The maximum Gasteiger partial charge on any atom is 0.221 e. The van der Waals surface area contributed by atoms with Crippen molar-refractivity contribution < 1.29 is 4.79 Å². The number of carbonyl (C=O) groups excluding carboxylic acids is 1. The quantitative estimate of drug-likeness (QED) is 0.642. The van der Waals surface area contributed by atoms with Crippen molar-refractivity contribution in [3.8, 4) is 0 Å². The lowest BCUT2D eigenvalue weighted by Crippen LogP contribution is -2.49. The summed E-state index contributed by atoms with van der Waals surface area (Å²) in [6.45, 7) is 5.02. The fourth-order valence-corrected chi connectivity index (χ4v) is 1.37. The van der Waals surface area contributed by atoms with Gasteiger partial charge < -0.3 is 11.1 Å². The fraction of sp³-hybridized carbons (Fsp3) is 0.875. The van der Waals surface area contributed by atoms with Crippen LogP contribution < -0.4 is 11.1 Å². The Morgan fingerprint density at radius 3 is 2.50 bits per heavy atom. The summed E-state index contributed by atoms with van der Waals surface area (Å²) in [5.41, 5.74) is 5.36. The lowest BCUT2D eigenvalue weighted by molar-refractivity contribution is -0.122. The average Bonchev–Trinajstić information content (AvgIpc) is 1.86. The Morgan fingerprint density at radius 2 is 2.17 bits per heavy atom. The summed E-state index contributed by atoms with van der Waals surface area (Å²) < 4.78 is 0. The minimum atomic E-state index is -0.173. The van der Waals surface area contributed by atoms with Gasteiger partial charge in [0.05, 0.1) is 5.92 Å². The first-order valence-corrected chi connectivity index (χ1v) is 4.06.